The Bertz CT molecular complexity index is 428. The molecule has 0 aromatic heterocycles. The van der Waals surface area contributed by atoms with Crippen molar-refractivity contribution in [3.05, 3.63) is 11.1 Å². The third-order valence-electron chi connectivity index (χ3n) is 6.02. The molecule has 0 aromatic carbocycles. The Morgan fingerprint density at radius 1 is 1.00 bits per heavy atom. The molecule has 0 saturated heterocycles. The molecule has 0 spiro atoms. The lowest BCUT2D eigenvalue weighted by molar-refractivity contribution is 0.272. The van der Waals surface area contributed by atoms with Crippen LogP contribution in [0.25, 0.3) is 0 Å². The van der Waals surface area contributed by atoms with Crippen molar-refractivity contribution in [3.63, 3.8) is 0 Å². The Labute approximate surface area is 149 Å². The first-order valence-electron chi connectivity index (χ1n) is 9.33. The van der Waals surface area contributed by atoms with Crippen LogP contribution in [0.2, 0.25) is 0 Å². The van der Waals surface area contributed by atoms with Gasteiger partial charge in [-0.25, -0.2) is 0 Å². The maximum atomic E-state index is 4.20. The number of aliphatic imine (C=N–C) groups is 1. The number of allylic oxidation sites excluding steroid dienone is 2. The molecular weight excluding hydrogens is 296 g/mol. The van der Waals surface area contributed by atoms with Crippen LogP contribution in [0, 0.1) is 11.8 Å². The van der Waals surface area contributed by atoms with Gasteiger partial charge in [0.25, 0.3) is 0 Å². The summed E-state index contributed by atoms with van der Waals surface area (Å²) in [5.74, 6) is 1.50. The second kappa shape index (κ2) is 9.24. The van der Waals surface area contributed by atoms with Crippen LogP contribution in [-0.4, -0.2) is 54.7 Å². The number of likely N-dealkylation sites (N-methyl/N-ethyl adjacent to an activating group) is 1. The molecule has 5 atom stereocenters. The summed E-state index contributed by atoms with van der Waals surface area (Å²) in [6.07, 6.45) is 6.62. The van der Waals surface area contributed by atoms with Gasteiger partial charge in [0, 0.05) is 32.3 Å². The van der Waals surface area contributed by atoms with Gasteiger partial charge in [-0.2, -0.15) is 5.10 Å². The summed E-state index contributed by atoms with van der Waals surface area (Å²) in [6.45, 7) is 15.5. The molecule has 1 aliphatic carbocycles. The quantitative estimate of drug-likeness (QED) is 0.614. The van der Waals surface area contributed by atoms with Crippen molar-refractivity contribution in [1.29, 1.82) is 0 Å². The molecule has 0 N–H and O–H groups in total. The lowest BCUT2D eigenvalue weighted by atomic mass is 10.1. The lowest BCUT2D eigenvalue weighted by Crippen LogP contribution is -2.28. The summed E-state index contributed by atoms with van der Waals surface area (Å²) in [5, 5.41) is 6.10. The largest absolute Gasteiger partial charge is 0.361 e. The Kier molecular flexibility index (Phi) is 7.98. The first-order chi connectivity index (χ1) is 11.1. The molecule has 5 unspecified atom stereocenters. The molecule has 0 bridgehead atoms. The molecule has 4 nitrogen and oxygen atoms in total. The minimum absolute atomic E-state index is 0.486. The number of hydrogen-bond acceptors (Lipinski definition) is 4. The van der Waals surface area contributed by atoms with Gasteiger partial charge in [0.15, 0.2) is 0 Å². The average molecular weight is 335 g/mol. The molecule has 0 amide bonds. The zero-order valence-corrected chi connectivity index (χ0v) is 17.2. The van der Waals surface area contributed by atoms with E-state index in [1.54, 1.807) is 11.1 Å². The molecule has 3 rings (SSSR count). The van der Waals surface area contributed by atoms with E-state index < -0.39 is 0 Å². The van der Waals surface area contributed by atoms with Crippen LogP contribution in [0.15, 0.2) is 21.2 Å². The number of rotatable bonds is 0. The molecule has 138 valence electrons. The minimum atomic E-state index is 0.486. The van der Waals surface area contributed by atoms with E-state index in [2.05, 4.69) is 70.5 Å². The highest BCUT2D eigenvalue weighted by Gasteiger charge is 2.19. The fourth-order valence-electron chi connectivity index (χ4n) is 2.83. The number of hydrazone groups is 1. The maximum Gasteiger partial charge on any atom is 0.0854 e. The normalized spacial score (nSPS) is 34.3. The second-order valence-electron chi connectivity index (χ2n) is 7.75. The molecule has 0 fully saturated rings. The van der Waals surface area contributed by atoms with Gasteiger partial charge in [0.05, 0.1) is 18.4 Å². The van der Waals surface area contributed by atoms with Crippen LogP contribution in [0.4, 0.5) is 0 Å². The van der Waals surface area contributed by atoms with E-state index in [4.69, 9.17) is 0 Å². The maximum absolute atomic E-state index is 4.20. The molecule has 2 heterocycles. The molecule has 0 radical (unpaired) electrons. The fraction of sp³-hybridized carbons (Fsp3) is 0.800. The molecule has 2 aliphatic heterocycles. The van der Waals surface area contributed by atoms with E-state index in [0.29, 0.717) is 24.0 Å². The van der Waals surface area contributed by atoms with Gasteiger partial charge in [0.1, 0.15) is 0 Å². The lowest BCUT2D eigenvalue weighted by Gasteiger charge is -2.16. The molecule has 0 saturated carbocycles. The molecule has 3 aliphatic rings. The van der Waals surface area contributed by atoms with Gasteiger partial charge in [0.2, 0.25) is 0 Å². The van der Waals surface area contributed by atoms with Crippen molar-refractivity contribution in [2.24, 2.45) is 21.9 Å². The van der Waals surface area contributed by atoms with Crippen LogP contribution in [-0.2, 0) is 0 Å². The van der Waals surface area contributed by atoms with E-state index in [1.807, 2.05) is 24.6 Å². The number of nitrogens with zero attached hydrogens (tertiary/aromatic N) is 4. The van der Waals surface area contributed by atoms with Crippen molar-refractivity contribution in [1.82, 2.24) is 9.91 Å². The highest BCUT2D eigenvalue weighted by atomic mass is 15.5. The summed E-state index contributed by atoms with van der Waals surface area (Å²) in [5.41, 5.74) is 3.25. The van der Waals surface area contributed by atoms with Crippen LogP contribution < -0.4 is 0 Å². The molecule has 0 aromatic rings. The van der Waals surface area contributed by atoms with Crippen molar-refractivity contribution >= 4 is 12.6 Å². The SMILES string of the molecule is CC1=C(C)C(C)CC1.CC1C=NN(C)C1C.CC1N=CN(C)C1C. The standard InChI is InChI=1S/C8H14.2C6H12N2/c1-6-4-5-7(2)8(6)3;1-5-6(2)8(3)4-7-5;1-5-4-7-8(3)6(5)2/h6H,4-5H2,1-3H3;2*4-6H,1-3H3. The molecular formula is C20H38N4. The van der Waals surface area contributed by atoms with Crippen molar-refractivity contribution in [3.8, 4) is 0 Å². The minimum Gasteiger partial charge on any atom is -0.361 e. The predicted molar refractivity (Wildman–Crippen MR) is 107 cm³/mol. The Balaban J connectivity index is 0.000000180. The Morgan fingerprint density at radius 2 is 1.62 bits per heavy atom. The van der Waals surface area contributed by atoms with Gasteiger partial charge in [-0.15, -0.1) is 0 Å². The van der Waals surface area contributed by atoms with Crippen molar-refractivity contribution in [2.75, 3.05) is 14.1 Å². The Hall–Kier alpha value is -1.32. The molecule has 4 heteroatoms. The third kappa shape index (κ3) is 5.64. The van der Waals surface area contributed by atoms with Gasteiger partial charge in [-0.3, -0.25) is 10.0 Å². The van der Waals surface area contributed by atoms with E-state index in [9.17, 15) is 0 Å². The molecule has 24 heavy (non-hydrogen) atoms. The average Bonchev–Trinajstić information content (AvgIpc) is 3.13. The monoisotopic (exact) mass is 334 g/mol. The summed E-state index contributed by atoms with van der Waals surface area (Å²) < 4.78 is 0. The number of hydrogen-bond donors (Lipinski definition) is 0. The van der Waals surface area contributed by atoms with E-state index in [-0.39, 0.29) is 0 Å². The van der Waals surface area contributed by atoms with Crippen LogP contribution in [0.5, 0.6) is 0 Å². The van der Waals surface area contributed by atoms with Crippen LogP contribution in [0.3, 0.4) is 0 Å². The first kappa shape index (κ1) is 20.7. The summed E-state index contributed by atoms with van der Waals surface area (Å²) in [6, 6.07) is 1.67. The van der Waals surface area contributed by atoms with Crippen LogP contribution in [0.1, 0.15) is 61.3 Å². The zero-order chi connectivity index (χ0) is 18.4. The van der Waals surface area contributed by atoms with Crippen molar-refractivity contribution in [2.45, 2.75) is 79.4 Å². The van der Waals surface area contributed by atoms with E-state index >= 15 is 0 Å². The van der Waals surface area contributed by atoms with Crippen molar-refractivity contribution < 1.29 is 0 Å². The topological polar surface area (TPSA) is 31.2 Å². The summed E-state index contributed by atoms with van der Waals surface area (Å²) in [7, 11) is 4.06. The zero-order valence-electron chi connectivity index (χ0n) is 17.2. The summed E-state index contributed by atoms with van der Waals surface area (Å²) in [4.78, 5) is 6.33. The highest BCUT2D eigenvalue weighted by molar-refractivity contribution is 5.62. The Morgan fingerprint density at radius 3 is 1.75 bits per heavy atom. The smallest absolute Gasteiger partial charge is 0.0854 e. The second-order valence-corrected chi connectivity index (χ2v) is 7.75. The van der Waals surface area contributed by atoms with E-state index in [0.717, 1.165) is 5.92 Å². The summed E-state index contributed by atoms with van der Waals surface area (Å²) >= 11 is 0. The third-order valence-corrected chi connectivity index (χ3v) is 6.02. The van der Waals surface area contributed by atoms with Gasteiger partial charge < -0.3 is 4.90 Å². The van der Waals surface area contributed by atoms with Gasteiger partial charge in [-0.05, 0) is 53.4 Å². The fourth-order valence-corrected chi connectivity index (χ4v) is 2.83. The highest BCUT2D eigenvalue weighted by Crippen LogP contribution is 2.30. The predicted octanol–water partition coefficient (Wildman–Crippen LogP) is 4.43. The first-order valence-corrected chi connectivity index (χ1v) is 9.33. The van der Waals surface area contributed by atoms with E-state index in [1.165, 1.54) is 12.8 Å². The van der Waals surface area contributed by atoms with Gasteiger partial charge in [-0.1, -0.05) is 25.0 Å². The van der Waals surface area contributed by atoms with Gasteiger partial charge >= 0.3 is 0 Å². The van der Waals surface area contributed by atoms with Crippen LogP contribution >= 0.6 is 0 Å².